The number of rotatable bonds is 3. The zero-order valence-electron chi connectivity index (χ0n) is 5.60. The zero-order chi connectivity index (χ0) is 8.36. The molecule has 1 N–H and O–H groups in total. The summed E-state index contributed by atoms with van der Waals surface area (Å²) >= 11 is 0. The van der Waals surface area contributed by atoms with Crippen molar-refractivity contribution in [3.05, 3.63) is 0 Å². The molecule has 0 spiro atoms. The van der Waals surface area contributed by atoms with E-state index in [1.165, 1.54) is 0 Å². The number of carbonyl (C=O) groups is 1. The van der Waals surface area contributed by atoms with Crippen molar-refractivity contribution in [1.29, 1.82) is 0 Å². The Kier molecular flexibility index (Phi) is 2.71. The van der Waals surface area contributed by atoms with Gasteiger partial charge in [0.1, 0.15) is 6.10 Å². The van der Waals surface area contributed by atoms with E-state index in [0.29, 0.717) is 0 Å². The van der Waals surface area contributed by atoms with Crippen molar-refractivity contribution in [2.24, 2.45) is 0 Å². The van der Waals surface area contributed by atoms with Crippen molar-refractivity contribution in [3.8, 4) is 0 Å². The fourth-order valence-electron chi connectivity index (χ4n) is 0.322. The fraction of sp³-hybridized carbons (Fsp3) is 0.800. The molecule has 60 valence electrons. The first-order valence-electron chi connectivity index (χ1n) is 2.57. The molecule has 0 saturated carbocycles. The van der Waals surface area contributed by atoms with Crippen molar-refractivity contribution in [1.82, 2.24) is 0 Å². The first-order valence-corrected chi connectivity index (χ1v) is 2.57. The molecule has 0 radical (unpaired) electrons. The summed E-state index contributed by atoms with van der Waals surface area (Å²) in [6, 6.07) is 0. The molecule has 1 unspecified atom stereocenters. The van der Waals surface area contributed by atoms with Gasteiger partial charge in [-0.05, 0) is 6.92 Å². The lowest BCUT2D eigenvalue weighted by molar-refractivity contribution is -0.183. The number of hydrogen-bond donors (Lipinski definition) is 1. The van der Waals surface area contributed by atoms with Gasteiger partial charge in [0.15, 0.2) is 0 Å². The number of hydrogen-bond acceptors (Lipinski definition) is 2. The van der Waals surface area contributed by atoms with E-state index in [1.807, 2.05) is 0 Å². The molecule has 0 aliphatic heterocycles. The van der Waals surface area contributed by atoms with Gasteiger partial charge in [-0.3, -0.25) is 0 Å². The van der Waals surface area contributed by atoms with Crippen LogP contribution in [0.3, 0.4) is 0 Å². The number of halogens is 2. The molecule has 0 aliphatic rings. The molecule has 1 atom stereocenters. The molecule has 0 bridgehead atoms. The lowest BCUT2D eigenvalue weighted by Crippen LogP contribution is -2.40. The van der Waals surface area contributed by atoms with E-state index in [9.17, 15) is 13.6 Å². The van der Waals surface area contributed by atoms with E-state index in [2.05, 4.69) is 4.74 Å². The number of methoxy groups -OCH3 is 1. The maximum atomic E-state index is 12.2. The van der Waals surface area contributed by atoms with Crippen LogP contribution in [0.1, 0.15) is 6.92 Å². The molecule has 0 amide bonds. The average Bonchev–Trinajstić information content (AvgIpc) is 1.86. The van der Waals surface area contributed by atoms with Crippen LogP contribution in [0.25, 0.3) is 0 Å². The van der Waals surface area contributed by atoms with E-state index >= 15 is 0 Å². The standard InChI is InChI=1S/C5H8F2O3/c1-3(10-2)5(6,7)4(8)9/h3H,1-2H3,(H,8,9). The molecule has 3 nitrogen and oxygen atoms in total. The number of aliphatic carboxylic acids is 1. The summed E-state index contributed by atoms with van der Waals surface area (Å²) in [6.45, 7) is 0.994. The van der Waals surface area contributed by atoms with Crippen LogP contribution >= 0.6 is 0 Å². The summed E-state index contributed by atoms with van der Waals surface area (Å²) in [4.78, 5) is 9.79. The predicted molar refractivity (Wildman–Crippen MR) is 29.1 cm³/mol. The van der Waals surface area contributed by atoms with Gasteiger partial charge in [0, 0.05) is 7.11 Å². The number of ether oxygens (including phenoxy) is 1. The molecule has 5 heteroatoms. The van der Waals surface area contributed by atoms with Gasteiger partial charge in [0.2, 0.25) is 0 Å². The van der Waals surface area contributed by atoms with Crippen molar-refractivity contribution in [2.45, 2.75) is 19.0 Å². The highest BCUT2D eigenvalue weighted by Gasteiger charge is 2.45. The Bertz CT molecular complexity index is 135. The molecule has 0 aromatic heterocycles. The Morgan fingerprint density at radius 3 is 2.20 bits per heavy atom. The lowest BCUT2D eigenvalue weighted by Gasteiger charge is -2.16. The number of alkyl halides is 2. The van der Waals surface area contributed by atoms with Gasteiger partial charge >= 0.3 is 11.9 Å². The normalized spacial score (nSPS) is 14.8. The third-order valence-electron chi connectivity index (χ3n) is 1.15. The Hall–Kier alpha value is -0.710. The summed E-state index contributed by atoms with van der Waals surface area (Å²) in [7, 11) is 1.03. The number of carboxylic acid groups (broad SMARTS) is 1. The first-order chi connectivity index (χ1) is 4.42. The molecular formula is C5H8F2O3. The molecule has 0 saturated heterocycles. The highest BCUT2D eigenvalue weighted by Crippen LogP contribution is 2.20. The second kappa shape index (κ2) is 2.92. The van der Waals surface area contributed by atoms with Gasteiger partial charge in [-0.1, -0.05) is 0 Å². The van der Waals surface area contributed by atoms with Gasteiger partial charge in [0.05, 0.1) is 0 Å². The monoisotopic (exact) mass is 154 g/mol. The minimum atomic E-state index is -3.80. The van der Waals surface area contributed by atoms with Crippen molar-refractivity contribution in [2.75, 3.05) is 7.11 Å². The summed E-state index contributed by atoms with van der Waals surface area (Å²) in [5, 5.41) is 7.91. The molecule has 10 heavy (non-hydrogen) atoms. The highest BCUT2D eigenvalue weighted by molar-refractivity contribution is 5.75. The molecule has 0 fully saturated rings. The summed E-state index contributed by atoms with van der Waals surface area (Å²) < 4.78 is 28.6. The third-order valence-corrected chi connectivity index (χ3v) is 1.15. The Labute approximate surface area is 56.6 Å². The van der Waals surface area contributed by atoms with Crippen molar-refractivity contribution in [3.63, 3.8) is 0 Å². The summed E-state index contributed by atoms with van der Waals surface area (Å²) in [5.41, 5.74) is 0. The van der Waals surface area contributed by atoms with Crippen LogP contribution in [0.15, 0.2) is 0 Å². The molecule has 0 aliphatic carbocycles. The van der Waals surface area contributed by atoms with Crippen LogP contribution in [0, 0.1) is 0 Å². The fourth-order valence-corrected chi connectivity index (χ4v) is 0.322. The quantitative estimate of drug-likeness (QED) is 0.652. The second-order valence-electron chi connectivity index (χ2n) is 1.81. The Balaban J connectivity index is 4.23. The smallest absolute Gasteiger partial charge is 0.377 e. The maximum Gasteiger partial charge on any atom is 0.377 e. The van der Waals surface area contributed by atoms with Gasteiger partial charge in [0.25, 0.3) is 0 Å². The SMILES string of the molecule is COC(C)C(F)(F)C(=O)O. The molecular weight excluding hydrogens is 146 g/mol. The minimum Gasteiger partial charge on any atom is -0.477 e. The third kappa shape index (κ3) is 1.63. The highest BCUT2D eigenvalue weighted by atomic mass is 19.3. The van der Waals surface area contributed by atoms with E-state index in [1.54, 1.807) is 0 Å². The minimum absolute atomic E-state index is 0.994. The molecule has 0 rings (SSSR count). The molecule has 0 aromatic rings. The van der Waals surface area contributed by atoms with Crippen LogP contribution in [0.2, 0.25) is 0 Å². The van der Waals surface area contributed by atoms with Crippen LogP contribution in [-0.4, -0.2) is 30.2 Å². The van der Waals surface area contributed by atoms with Crippen molar-refractivity contribution < 1.29 is 23.4 Å². The van der Waals surface area contributed by atoms with Gasteiger partial charge in [-0.2, -0.15) is 8.78 Å². The predicted octanol–water partition coefficient (Wildman–Crippen LogP) is 0.741. The van der Waals surface area contributed by atoms with Crippen molar-refractivity contribution >= 4 is 5.97 Å². The second-order valence-corrected chi connectivity index (χ2v) is 1.81. The van der Waals surface area contributed by atoms with Crippen LogP contribution in [0.4, 0.5) is 8.78 Å². The van der Waals surface area contributed by atoms with Gasteiger partial charge in [-0.15, -0.1) is 0 Å². The maximum absolute atomic E-state index is 12.2. The van der Waals surface area contributed by atoms with Crippen LogP contribution in [0.5, 0.6) is 0 Å². The average molecular weight is 154 g/mol. The zero-order valence-corrected chi connectivity index (χ0v) is 5.60. The van der Waals surface area contributed by atoms with Gasteiger partial charge in [-0.25, -0.2) is 4.79 Å². The van der Waals surface area contributed by atoms with E-state index in [4.69, 9.17) is 5.11 Å². The Morgan fingerprint density at radius 2 is 2.10 bits per heavy atom. The lowest BCUT2D eigenvalue weighted by atomic mass is 10.2. The van der Waals surface area contributed by atoms with E-state index in [0.717, 1.165) is 14.0 Å². The topological polar surface area (TPSA) is 46.5 Å². The molecule has 0 heterocycles. The van der Waals surface area contributed by atoms with Gasteiger partial charge < -0.3 is 9.84 Å². The summed E-state index contributed by atoms with van der Waals surface area (Å²) in [5.74, 6) is -5.96. The van der Waals surface area contributed by atoms with Crippen LogP contribution in [-0.2, 0) is 9.53 Å². The van der Waals surface area contributed by atoms with E-state index < -0.39 is 18.0 Å². The first kappa shape index (κ1) is 9.29. The molecule has 0 aromatic carbocycles. The summed E-state index contributed by atoms with van der Waals surface area (Å²) in [6.07, 6.45) is -1.59. The number of carboxylic acids is 1. The Morgan fingerprint density at radius 1 is 1.70 bits per heavy atom. The van der Waals surface area contributed by atoms with E-state index in [-0.39, 0.29) is 0 Å². The van der Waals surface area contributed by atoms with Crippen LogP contribution < -0.4 is 0 Å². The largest absolute Gasteiger partial charge is 0.477 e.